The first-order valence-electron chi connectivity index (χ1n) is 9.60. The molecule has 0 radical (unpaired) electrons. The summed E-state index contributed by atoms with van der Waals surface area (Å²) in [4.78, 5) is 13.0. The zero-order chi connectivity index (χ0) is 23.6. The minimum absolute atomic E-state index is 0.188. The highest BCUT2D eigenvalue weighted by Crippen LogP contribution is 2.25. The summed E-state index contributed by atoms with van der Waals surface area (Å²) < 4.78 is 51.2. The number of nitrogens with one attached hydrogen (secondary N) is 1. The van der Waals surface area contributed by atoms with Crippen LogP contribution in [-0.2, 0) is 24.8 Å². The lowest BCUT2D eigenvalue weighted by atomic mass is 10.1. The maximum atomic E-state index is 12.9. The zero-order valence-corrected chi connectivity index (χ0v) is 20.2. The second-order valence-electron chi connectivity index (χ2n) is 7.72. The highest BCUT2D eigenvalue weighted by atomic mass is 32.2. The Hall–Kier alpha value is -2.43. The van der Waals surface area contributed by atoms with Gasteiger partial charge in [0.15, 0.2) is 9.84 Å². The molecule has 31 heavy (non-hydrogen) atoms. The molecule has 1 amide bonds. The summed E-state index contributed by atoms with van der Waals surface area (Å²) >= 11 is 0. The van der Waals surface area contributed by atoms with Gasteiger partial charge in [-0.15, -0.1) is 0 Å². The van der Waals surface area contributed by atoms with Gasteiger partial charge < -0.3 is 5.32 Å². The topological polar surface area (TPSA) is 104 Å². The van der Waals surface area contributed by atoms with Crippen molar-refractivity contribution in [2.45, 2.75) is 31.7 Å². The first kappa shape index (κ1) is 24.8. The predicted molar refractivity (Wildman–Crippen MR) is 122 cm³/mol. The Balaban J connectivity index is 2.27. The molecule has 0 saturated heterocycles. The van der Waals surface area contributed by atoms with E-state index in [4.69, 9.17) is 0 Å². The zero-order valence-electron chi connectivity index (χ0n) is 18.6. The normalized spacial score (nSPS) is 13.1. The number of hydrogen-bond donors (Lipinski definition) is 1. The number of amides is 1. The first-order valence-corrected chi connectivity index (χ1v) is 12.9. The Morgan fingerprint density at radius 2 is 1.58 bits per heavy atom. The van der Waals surface area contributed by atoms with Gasteiger partial charge in [-0.05, 0) is 55.7 Å². The molecule has 8 nitrogen and oxygen atoms in total. The molecular weight excluding hydrogens is 438 g/mol. The molecular formula is C21H29N3O5S2. The van der Waals surface area contributed by atoms with Gasteiger partial charge in [-0.2, -0.15) is 12.7 Å². The summed E-state index contributed by atoms with van der Waals surface area (Å²) in [6, 6.07) is 11.2. The van der Waals surface area contributed by atoms with Gasteiger partial charge in [0, 0.05) is 20.4 Å². The summed E-state index contributed by atoms with van der Waals surface area (Å²) in [5.74, 6) is -0.481. The van der Waals surface area contributed by atoms with Crippen LogP contribution in [0.25, 0.3) is 0 Å². The fraction of sp³-hybridized carbons (Fsp3) is 0.381. The van der Waals surface area contributed by atoms with Crippen molar-refractivity contribution >= 4 is 31.6 Å². The van der Waals surface area contributed by atoms with Crippen LogP contribution in [0.4, 0.5) is 5.69 Å². The van der Waals surface area contributed by atoms with Crippen LogP contribution in [0.2, 0.25) is 0 Å². The van der Waals surface area contributed by atoms with E-state index in [1.54, 1.807) is 32.0 Å². The van der Waals surface area contributed by atoms with Crippen molar-refractivity contribution in [3.8, 4) is 0 Å². The SMILES string of the molecule is Cc1ccc(C)c(N(CC(=O)NC(C)c2ccc(S(C)(=O)=O)cc2)S(=O)(=O)N(C)C)c1. The third-order valence-corrected chi connectivity index (χ3v) is 7.78. The van der Waals surface area contributed by atoms with Crippen molar-refractivity contribution in [1.82, 2.24) is 9.62 Å². The number of anilines is 1. The molecule has 0 bridgehead atoms. The van der Waals surface area contributed by atoms with Crippen LogP contribution in [0.5, 0.6) is 0 Å². The quantitative estimate of drug-likeness (QED) is 0.641. The predicted octanol–water partition coefficient (Wildman–Crippen LogP) is 2.20. The number of nitrogens with zero attached hydrogens (tertiary/aromatic N) is 2. The summed E-state index contributed by atoms with van der Waals surface area (Å²) in [5, 5.41) is 2.79. The van der Waals surface area contributed by atoms with E-state index in [0.29, 0.717) is 11.3 Å². The van der Waals surface area contributed by atoms with Crippen molar-refractivity contribution in [2.24, 2.45) is 0 Å². The number of carbonyl (C=O) groups excluding carboxylic acids is 1. The van der Waals surface area contributed by atoms with Gasteiger partial charge in [0.05, 0.1) is 16.6 Å². The molecule has 0 spiro atoms. The molecule has 2 aromatic carbocycles. The molecule has 0 heterocycles. The molecule has 1 atom stereocenters. The summed E-state index contributed by atoms with van der Waals surface area (Å²) in [5.41, 5.74) is 2.75. The van der Waals surface area contributed by atoms with Gasteiger partial charge >= 0.3 is 10.2 Å². The van der Waals surface area contributed by atoms with E-state index in [0.717, 1.165) is 26.0 Å². The number of rotatable bonds is 8. The second-order valence-corrected chi connectivity index (χ2v) is 11.8. The Morgan fingerprint density at radius 1 is 1.00 bits per heavy atom. The highest BCUT2D eigenvalue weighted by Gasteiger charge is 2.29. The number of benzene rings is 2. The largest absolute Gasteiger partial charge is 0.348 e. The van der Waals surface area contributed by atoms with Gasteiger partial charge in [0.1, 0.15) is 6.54 Å². The molecule has 170 valence electrons. The van der Waals surface area contributed by atoms with Crippen molar-refractivity contribution in [2.75, 3.05) is 31.2 Å². The van der Waals surface area contributed by atoms with Gasteiger partial charge in [0.25, 0.3) is 0 Å². The number of sulfone groups is 1. The third kappa shape index (κ3) is 6.05. The molecule has 2 rings (SSSR count). The van der Waals surface area contributed by atoms with Crippen molar-refractivity contribution in [1.29, 1.82) is 0 Å². The first-order chi connectivity index (χ1) is 14.2. The Kier molecular flexibility index (Phi) is 7.51. The minimum Gasteiger partial charge on any atom is -0.348 e. The molecule has 0 fully saturated rings. The molecule has 0 aliphatic carbocycles. The lowest BCUT2D eigenvalue weighted by Crippen LogP contribution is -2.46. The van der Waals surface area contributed by atoms with Gasteiger partial charge in [0.2, 0.25) is 5.91 Å². The van der Waals surface area contributed by atoms with E-state index >= 15 is 0 Å². The number of carbonyl (C=O) groups is 1. The maximum Gasteiger partial charge on any atom is 0.304 e. The van der Waals surface area contributed by atoms with Crippen LogP contribution in [0.1, 0.15) is 29.7 Å². The maximum absolute atomic E-state index is 12.9. The summed E-state index contributed by atoms with van der Waals surface area (Å²) in [7, 11) is -4.39. The average molecular weight is 468 g/mol. The monoisotopic (exact) mass is 467 g/mol. The molecule has 1 unspecified atom stereocenters. The molecule has 0 aliphatic heterocycles. The van der Waals surface area contributed by atoms with Crippen LogP contribution in [0.15, 0.2) is 47.4 Å². The lowest BCUT2D eigenvalue weighted by Gasteiger charge is -2.29. The van der Waals surface area contributed by atoms with E-state index in [1.165, 1.54) is 26.2 Å². The third-order valence-electron chi connectivity index (χ3n) is 4.85. The Bertz CT molecular complexity index is 1160. The Morgan fingerprint density at radius 3 is 2.10 bits per heavy atom. The van der Waals surface area contributed by atoms with E-state index < -0.39 is 38.5 Å². The number of aryl methyl sites for hydroxylation is 2. The van der Waals surface area contributed by atoms with Crippen LogP contribution < -0.4 is 9.62 Å². The van der Waals surface area contributed by atoms with Crippen LogP contribution in [-0.4, -0.2) is 53.9 Å². The van der Waals surface area contributed by atoms with Crippen LogP contribution in [0.3, 0.4) is 0 Å². The van der Waals surface area contributed by atoms with E-state index in [1.807, 2.05) is 19.1 Å². The fourth-order valence-corrected chi connectivity index (χ4v) is 4.73. The molecule has 0 aliphatic rings. The Labute approximate surface area is 185 Å². The molecule has 0 aromatic heterocycles. The van der Waals surface area contributed by atoms with Crippen molar-refractivity contribution in [3.63, 3.8) is 0 Å². The van der Waals surface area contributed by atoms with E-state index in [2.05, 4.69) is 5.32 Å². The van der Waals surface area contributed by atoms with Gasteiger partial charge in [-0.1, -0.05) is 24.3 Å². The van der Waals surface area contributed by atoms with E-state index in [9.17, 15) is 21.6 Å². The van der Waals surface area contributed by atoms with Crippen LogP contribution >= 0.6 is 0 Å². The second kappa shape index (κ2) is 9.37. The minimum atomic E-state index is -3.91. The fourth-order valence-electron chi connectivity index (χ4n) is 2.98. The van der Waals surface area contributed by atoms with Gasteiger partial charge in [-0.3, -0.25) is 4.79 Å². The summed E-state index contributed by atoms with van der Waals surface area (Å²) in [6.07, 6.45) is 1.13. The molecule has 1 N–H and O–H groups in total. The standard InChI is InChI=1S/C21H29N3O5S2/c1-15-7-8-16(2)20(13-15)24(31(28,29)23(4)5)14-21(25)22-17(3)18-9-11-19(12-10-18)30(6,26)27/h7-13,17H,14H2,1-6H3,(H,22,25). The van der Waals surface area contributed by atoms with Crippen LogP contribution in [0, 0.1) is 13.8 Å². The van der Waals surface area contributed by atoms with Crippen molar-refractivity contribution in [3.05, 3.63) is 59.2 Å². The smallest absolute Gasteiger partial charge is 0.304 e. The summed E-state index contributed by atoms with van der Waals surface area (Å²) in [6.45, 7) is 5.00. The molecule has 10 heteroatoms. The lowest BCUT2D eigenvalue weighted by molar-refractivity contribution is -0.120. The van der Waals surface area contributed by atoms with Crippen molar-refractivity contribution < 1.29 is 21.6 Å². The number of hydrogen-bond acceptors (Lipinski definition) is 5. The highest BCUT2D eigenvalue weighted by molar-refractivity contribution is 7.90. The molecule has 0 saturated carbocycles. The average Bonchev–Trinajstić information content (AvgIpc) is 2.67. The molecule has 2 aromatic rings. The van der Waals surface area contributed by atoms with Gasteiger partial charge in [-0.25, -0.2) is 12.7 Å². The van der Waals surface area contributed by atoms with E-state index in [-0.39, 0.29) is 4.90 Å².